The van der Waals surface area contributed by atoms with Gasteiger partial charge in [-0.3, -0.25) is 4.79 Å². The van der Waals surface area contributed by atoms with E-state index in [4.69, 9.17) is 4.74 Å². The van der Waals surface area contributed by atoms with Crippen LogP contribution in [0.3, 0.4) is 0 Å². The molecule has 1 rings (SSSR count). The van der Waals surface area contributed by atoms with Gasteiger partial charge in [0, 0.05) is 12.5 Å². The molecule has 3 nitrogen and oxygen atoms in total. The number of benzene rings is 1. The van der Waals surface area contributed by atoms with Gasteiger partial charge < -0.3 is 10.1 Å². The number of rotatable bonds is 7. The molecule has 18 heavy (non-hydrogen) atoms. The van der Waals surface area contributed by atoms with Crippen molar-refractivity contribution < 1.29 is 9.53 Å². The minimum Gasteiger partial charge on any atom is -0.458 e. The Morgan fingerprint density at radius 3 is 2.50 bits per heavy atom. The second-order valence-electron chi connectivity index (χ2n) is 4.76. The highest BCUT2D eigenvalue weighted by molar-refractivity contribution is 5.69. The van der Waals surface area contributed by atoms with Crippen LogP contribution in [0.4, 0.5) is 0 Å². The van der Waals surface area contributed by atoms with Crippen LogP contribution in [0, 0.1) is 0 Å². The zero-order valence-electron chi connectivity index (χ0n) is 11.5. The van der Waals surface area contributed by atoms with Gasteiger partial charge in [0.15, 0.2) is 0 Å². The Balaban J connectivity index is 2.24. The van der Waals surface area contributed by atoms with Gasteiger partial charge in [-0.05, 0) is 25.5 Å². The summed E-state index contributed by atoms with van der Waals surface area (Å²) in [5.74, 6) is -0.128. The van der Waals surface area contributed by atoms with Gasteiger partial charge >= 0.3 is 5.97 Å². The third-order valence-electron chi connectivity index (χ3n) is 2.69. The minimum atomic E-state index is -0.170. The van der Waals surface area contributed by atoms with E-state index in [1.54, 1.807) is 0 Å². The summed E-state index contributed by atoms with van der Waals surface area (Å²) in [6.07, 6.45) is 1.12. The minimum absolute atomic E-state index is 0.128. The van der Waals surface area contributed by atoms with Crippen LogP contribution < -0.4 is 5.32 Å². The highest BCUT2D eigenvalue weighted by atomic mass is 16.5. The lowest BCUT2D eigenvalue weighted by molar-refractivity contribution is -0.148. The number of nitrogens with one attached hydrogen (secondary N) is 1. The van der Waals surface area contributed by atoms with Crippen molar-refractivity contribution in [2.75, 3.05) is 6.54 Å². The maximum Gasteiger partial charge on any atom is 0.306 e. The Hall–Kier alpha value is -1.35. The van der Waals surface area contributed by atoms with Crippen molar-refractivity contribution in [1.82, 2.24) is 5.32 Å². The topological polar surface area (TPSA) is 38.3 Å². The van der Waals surface area contributed by atoms with E-state index in [0.29, 0.717) is 12.5 Å². The van der Waals surface area contributed by atoms with Crippen LogP contribution in [-0.4, -0.2) is 18.6 Å². The molecule has 1 unspecified atom stereocenters. The summed E-state index contributed by atoms with van der Waals surface area (Å²) in [6.45, 7) is 6.94. The number of hydrogen-bond donors (Lipinski definition) is 1. The number of ether oxygens (including phenoxy) is 1. The first-order valence-electron chi connectivity index (χ1n) is 6.57. The van der Waals surface area contributed by atoms with Crippen molar-refractivity contribution in [3.05, 3.63) is 35.9 Å². The summed E-state index contributed by atoms with van der Waals surface area (Å²) in [5, 5.41) is 3.28. The average molecular weight is 249 g/mol. The molecule has 0 saturated heterocycles. The number of hydrogen-bond acceptors (Lipinski definition) is 3. The lowest BCUT2D eigenvalue weighted by atomic mass is 10.1. The molecule has 3 heteroatoms. The van der Waals surface area contributed by atoms with Crippen LogP contribution in [0.15, 0.2) is 30.3 Å². The molecule has 100 valence electrons. The summed E-state index contributed by atoms with van der Waals surface area (Å²) in [6, 6.07) is 10.3. The van der Waals surface area contributed by atoms with Crippen LogP contribution in [0.25, 0.3) is 0 Å². The normalized spacial score (nSPS) is 12.4. The van der Waals surface area contributed by atoms with E-state index in [0.717, 1.165) is 18.5 Å². The fourth-order valence-electron chi connectivity index (χ4n) is 1.67. The predicted molar refractivity (Wildman–Crippen MR) is 73.3 cm³/mol. The predicted octanol–water partition coefficient (Wildman–Crippen LogP) is 3.07. The highest BCUT2D eigenvalue weighted by Crippen LogP contribution is 2.16. The van der Waals surface area contributed by atoms with E-state index in [9.17, 15) is 4.79 Å². The zero-order valence-corrected chi connectivity index (χ0v) is 11.5. The van der Waals surface area contributed by atoms with E-state index in [-0.39, 0.29) is 12.1 Å². The van der Waals surface area contributed by atoms with Gasteiger partial charge in [0.25, 0.3) is 0 Å². The first kappa shape index (κ1) is 14.7. The van der Waals surface area contributed by atoms with Crippen molar-refractivity contribution in [2.24, 2.45) is 0 Å². The van der Waals surface area contributed by atoms with Gasteiger partial charge in [-0.1, -0.05) is 44.2 Å². The monoisotopic (exact) mass is 249 g/mol. The van der Waals surface area contributed by atoms with Crippen molar-refractivity contribution in [1.29, 1.82) is 0 Å². The highest BCUT2D eigenvalue weighted by Gasteiger charge is 2.10. The van der Waals surface area contributed by atoms with E-state index in [1.165, 1.54) is 0 Å². The van der Waals surface area contributed by atoms with Gasteiger partial charge in [0.05, 0.1) is 0 Å². The summed E-state index contributed by atoms with van der Waals surface area (Å²) in [7, 11) is 0. The maximum absolute atomic E-state index is 11.6. The molecule has 0 aliphatic carbocycles. The van der Waals surface area contributed by atoms with Crippen LogP contribution in [0.2, 0.25) is 0 Å². The molecule has 0 saturated carbocycles. The van der Waals surface area contributed by atoms with Gasteiger partial charge in [0.1, 0.15) is 6.10 Å². The van der Waals surface area contributed by atoms with Crippen molar-refractivity contribution in [3.8, 4) is 0 Å². The van der Waals surface area contributed by atoms with Crippen LogP contribution in [-0.2, 0) is 9.53 Å². The van der Waals surface area contributed by atoms with Crippen LogP contribution in [0.5, 0.6) is 0 Å². The fraction of sp³-hybridized carbons (Fsp3) is 0.533. The molecule has 0 radical (unpaired) electrons. The molecule has 0 aliphatic rings. The van der Waals surface area contributed by atoms with E-state index < -0.39 is 0 Å². The lowest BCUT2D eigenvalue weighted by Gasteiger charge is -2.13. The molecule has 0 heterocycles. The summed E-state index contributed by atoms with van der Waals surface area (Å²) in [5.41, 5.74) is 1.03. The Bertz CT molecular complexity index is 349. The Kier molecular flexibility index (Phi) is 6.44. The molecule has 0 fully saturated rings. The molecule has 0 aromatic heterocycles. The first-order chi connectivity index (χ1) is 8.59. The molecule has 0 spiro atoms. The third kappa shape index (κ3) is 5.82. The Morgan fingerprint density at radius 1 is 1.22 bits per heavy atom. The Labute approximate surface area is 110 Å². The lowest BCUT2D eigenvalue weighted by Crippen LogP contribution is -2.24. The van der Waals surface area contributed by atoms with Crippen molar-refractivity contribution >= 4 is 5.97 Å². The number of carbonyl (C=O) groups is 1. The van der Waals surface area contributed by atoms with E-state index in [2.05, 4.69) is 19.2 Å². The molecular weight excluding hydrogens is 226 g/mol. The van der Waals surface area contributed by atoms with Crippen molar-refractivity contribution in [3.63, 3.8) is 0 Å². The van der Waals surface area contributed by atoms with Gasteiger partial charge in [-0.15, -0.1) is 0 Å². The molecule has 1 aromatic carbocycles. The number of carbonyl (C=O) groups excluding carboxylic acids is 1. The fourth-order valence-corrected chi connectivity index (χ4v) is 1.67. The average Bonchev–Trinajstić information content (AvgIpc) is 2.35. The zero-order chi connectivity index (χ0) is 13.4. The van der Waals surface area contributed by atoms with Gasteiger partial charge in [-0.25, -0.2) is 0 Å². The molecule has 0 amide bonds. The third-order valence-corrected chi connectivity index (χ3v) is 2.69. The second kappa shape index (κ2) is 7.88. The maximum atomic E-state index is 11.6. The van der Waals surface area contributed by atoms with Gasteiger partial charge in [0.2, 0.25) is 0 Å². The quantitative estimate of drug-likeness (QED) is 0.596. The molecule has 0 bridgehead atoms. The van der Waals surface area contributed by atoms with Gasteiger partial charge in [-0.2, -0.15) is 0 Å². The molecule has 0 aliphatic heterocycles. The molecule has 1 aromatic rings. The van der Waals surface area contributed by atoms with E-state index in [1.807, 2.05) is 37.3 Å². The van der Waals surface area contributed by atoms with E-state index >= 15 is 0 Å². The summed E-state index contributed by atoms with van der Waals surface area (Å²) in [4.78, 5) is 11.6. The Morgan fingerprint density at radius 2 is 1.89 bits per heavy atom. The smallest absolute Gasteiger partial charge is 0.306 e. The molecule has 1 atom stereocenters. The summed E-state index contributed by atoms with van der Waals surface area (Å²) < 4.78 is 5.38. The summed E-state index contributed by atoms with van der Waals surface area (Å²) >= 11 is 0. The van der Waals surface area contributed by atoms with Crippen LogP contribution in [0.1, 0.15) is 45.3 Å². The number of esters is 1. The first-order valence-corrected chi connectivity index (χ1v) is 6.57. The van der Waals surface area contributed by atoms with Crippen molar-refractivity contribution in [2.45, 2.75) is 45.8 Å². The van der Waals surface area contributed by atoms with Crippen LogP contribution >= 0.6 is 0 Å². The largest absolute Gasteiger partial charge is 0.458 e. The standard InChI is InChI=1S/C15H23NO2/c1-12(2)16-11-7-10-15(17)18-13(3)14-8-5-4-6-9-14/h4-6,8-9,12-13,16H,7,10-11H2,1-3H3. The molecular formula is C15H23NO2. The second-order valence-corrected chi connectivity index (χ2v) is 4.76. The molecule has 1 N–H and O–H groups in total. The SMILES string of the molecule is CC(C)NCCCC(=O)OC(C)c1ccccc1.